The lowest BCUT2D eigenvalue weighted by molar-refractivity contribution is 0.731. The van der Waals surface area contributed by atoms with Crippen molar-refractivity contribution in [2.24, 2.45) is 5.73 Å². The van der Waals surface area contributed by atoms with Crippen molar-refractivity contribution in [1.29, 1.82) is 0 Å². The van der Waals surface area contributed by atoms with E-state index in [9.17, 15) is 0 Å². The largest absolute Gasteiger partial charge is 0.328 e. The van der Waals surface area contributed by atoms with Crippen molar-refractivity contribution in [3.8, 4) is 5.69 Å². The minimum Gasteiger partial charge on any atom is -0.328 e. The third-order valence-corrected chi connectivity index (χ3v) is 2.80. The van der Waals surface area contributed by atoms with E-state index >= 15 is 0 Å². The molecule has 18 heavy (non-hydrogen) atoms. The molecule has 0 bridgehead atoms. The van der Waals surface area contributed by atoms with Crippen LogP contribution in [-0.4, -0.2) is 20.8 Å². The molecule has 96 valence electrons. The minimum atomic E-state index is 0.144. The molecule has 4 nitrogen and oxygen atoms in total. The highest BCUT2D eigenvalue weighted by atomic mass is 15.3. The van der Waals surface area contributed by atoms with Crippen molar-refractivity contribution >= 4 is 0 Å². The molecule has 0 fully saturated rings. The van der Waals surface area contributed by atoms with Gasteiger partial charge in [-0.1, -0.05) is 13.8 Å². The number of hydrogen-bond donors (Lipinski definition) is 1. The molecule has 2 N–H and O–H groups in total. The molecule has 0 amide bonds. The first-order valence-corrected chi connectivity index (χ1v) is 6.31. The zero-order valence-electron chi connectivity index (χ0n) is 11.2. The quantitative estimate of drug-likeness (QED) is 0.897. The van der Waals surface area contributed by atoms with Gasteiger partial charge in [-0.15, -0.1) is 0 Å². The van der Waals surface area contributed by atoms with Gasteiger partial charge >= 0.3 is 0 Å². The molecule has 0 aromatic carbocycles. The van der Waals surface area contributed by atoms with E-state index in [2.05, 4.69) is 30.0 Å². The van der Waals surface area contributed by atoms with E-state index in [1.165, 1.54) is 0 Å². The average Bonchev–Trinajstić information content (AvgIpc) is 2.77. The average molecular weight is 244 g/mol. The van der Waals surface area contributed by atoms with E-state index in [0.29, 0.717) is 5.92 Å². The Labute approximate surface area is 108 Å². The Kier molecular flexibility index (Phi) is 3.77. The Morgan fingerprint density at radius 2 is 2.06 bits per heavy atom. The Balaban J connectivity index is 2.26. The van der Waals surface area contributed by atoms with Crippen molar-refractivity contribution in [2.75, 3.05) is 0 Å². The second kappa shape index (κ2) is 5.31. The van der Waals surface area contributed by atoms with Gasteiger partial charge in [-0.2, -0.15) is 5.10 Å². The van der Waals surface area contributed by atoms with Crippen LogP contribution in [0.4, 0.5) is 0 Å². The summed E-state index contributed by atoms with van der Waals surface area (Å²) in [7, 11) is 0. The first-order chi connectivity index (χ1) is 8.56. The number of rotatable bonds is 4. The summed E-state index contributed by atoms with van der Waals surface area (Å²) in [5.74, 6) is 0.437. The molecule has 2 aromatic rings. The summed E-state index contributed by atoms with van der Waals surface area (Å²) in [6.45, 7) is 6.27. The zero-order valence-corrected chi connectivity index (χ0v) is 11.2. The summed E-state index contributed by atoms with van der Waals surface area (Å²) < 4.78 is 1.87. The van der Waals surface area contributed by atoms with Gasteiger partial charge in [0, 0.05) is 18.4 Å². The van der Waals surface area contributed by atoms with Crippen LogP contribution in [0.25, 0.3) is 5.69 Å². The van der Waals surface area contributed by atoms with E-state index in [0.717, 1.165) is 23.4 Å². The molecule has 4 heteroatoms. The first-order valence-electron chi connectivity index (χ1n) is 6.31. The fourth-order valence-electron chi connectivity index (χ4n) is 1.87. The molecule has 0 aliphatic heterocycles. The second-order valence-corrected chi connectivity index (χ2v) is 5.07. The van der Waals surface area contributed by atoms with Crippen molar-refractivity contribution < 1.29 is 0 Å². The van der Waals surface area contributed by atoms with Gasteiger partial charge in [-0.3, -0.25) is 4.98 Å². The van der Waals surface area contributed by atoms with Gasteiger partial charge in [0.2, 0.25) is 0 Å². The predicted octanol–water partition coefficient (Wildman–Crippen LogP) is 2.28. The fourth-order valence-corrected chi connectivity index (χ4v) is 1.87. The number of nitrogens with two attached hydrogens (primary N) is 1. The molecule has 0 saturated carbocycles. The molecule has 2 aromatic heterocycles. The molecule has 0 radical (unpaired) electrons. The third kappa shape index (κ3) is 2.96. The summed E-state index contributed by atoms with van der Waals surface area (Å²) in [4.78, 5) is 4.25. The second-order valence-electron chi connectivity index (χ2n) is 5.07. The standard InChI is InChI=1S/C14H20N4/c1-10(2)14-4-5-18(17-14)13-7-12(6-11(3)15)8-16-9-13/h4-5,7-11H,6,15H2,1-3H3. The number of nitrogens with zero attached hydrogens (tertiary/aromatic N) is 3. The van der Waals surface area contributed by atoms with Crippen LogP contribution in [0.2, 0.25) is 0 Å². The van der Waals surface area contributed by atoms with E-state index in [4.69, 9.17) is 5.73 Å². The molecular weight excluding hydrogens is 224 g/mol. The maximum absolute atomic E-state index is 5.81. The summed E-state index contributed by atoms with van der Waals surface area (Å²) in [5, 5.41) is 4.55. The van der Waals surface area contributed by atoms with Crippen molar-refractivity contribution in [3.05, 3.63) is 42.0 Å². The van der Waals surface area contributed by atoms with Gasteiger partial charge in [0.1, 0.15) is 0 Å². The predicted molar refractivity (Wildman–Crippen MR) is 72.8 cm³/mol. The molecule has 1 unspecified atom stereocenters. The van der Waals surface area contributed by atoms with Crippen molar-refractivity contribution in [2.45, 2.75) is 39.2 Å². The third-order valence-electron chi connectivity index (χ3n) is 2.80. The van der Waals surface area contributed by atoms with E-state index in [1.807, 2.05) is 36.3 Å². The number of aromatic nitrogens is 3. The molecule has 2 heterocycles. The normalized spacial score (nSPS) is 12.9. The molecule has 1 atom stereocenters. The smallest absolute Gasteiger partial charge is 0.0831 e. The zero-order chi connectivity index (χ0) is 13.1. The van der Waals surface area contributed by atoms with Gasteiger partial charge in [0.25, 0.3) is 0 Å². The maximum Gasteiger partial charge on any atom is 0.0831 e. The van der Waals surface area contributed by atoms with Crippen LogP contribution in [0, 0.1) is 0 Å². The number of hydrogen-bond acceptors (Lipinski definition) is 3. The van der Waals surface area contributed by atoms with Crippen LogP contribution in [0.5, 0.6) is 0 Å². The lowest BCUT2D eigenvalue weighted by atomic mass is 10.1. The van der Waals surface area contributed by atoms with E-state index in [1.54, 1.807) is 0 Å². The Hall–Kier alpha value is -1.68. The first kappa shape index (κ1) is 12.8. The van der Waals surface area contributed by atoms with Crippen LogP contribution in [0.1, 0.15) is 37.9 Å². The maximum atomic E-state index is 5.81. The molecule has 0 spiro atoms. The minimum absolute atomic E-state index is 0.144. The summed E-state index contributed by atoms with van der Waals surface area (Å²) in [5.41, 5.74) is 9.03. The van der Waals surface area contributed by atoms with Crippen LogP contribution < -0.4 is 5.73 Å². The van der Waals surface area contributed by atoms with E-state index < -0.39 is 0 Å². The van der Waals surface area contributed by atoms with Gasteiger partial charge in [0.15, 0.2) is 0 Å². The van der Waals surface area contributed by atoms with Gasteiger partial charge in [-0.05, 0) is 37.0 Å². The van der Waals surface area contributed by atoms with Gasteiger partial charge in [-0.25, -0.2) is 4.68 Å². The summed E-state index contributed by atoms with van der Waals surface area (Å²) in [6.07, 6.45) is 6.49. The van der Waals surface area contributed by atoms with Gasteiger partial charge in [0.05, 0.1) is 17.6 Å². The van der Waals surface area contributed by atoms with Crippen LogP contribution in [0.3, 0.4) is 0 Å². The van der Waals surface area contributed by atoms with Crippen molar-refractivity contribution in [3.63, 3.8) is 0 Å². The van der Waals surface area contributed by atoms with Crippen LogP contribution in [0.15, 0.2) is 30.7 Å². The van der Waals surface area contributed by atoms with Crippen LogP contribution >= 0.6 is 0 Å². The Morgan fingerprint density at radius 3 is 2.67 bits per heavy atom. The number of pyridine rings is 1. The van der Waals surface area contributed by atoms with E-state index in [-0.39, 0.29) is 6.04 Å². The SMILES string of the molecule is CC(N)Cc1cncc(-n2ccc(C(C)C)n2)c1. The topological polar surface area (TPSA) is 56.7 Å². The highest BCUT2D eigenvalue weighted by molar-refractivity contribution is 5.32. The molecule has 0 aliphatic rings. The molecule has 0 saturated heterocycles. The highest BCUT2D eigenvalue weighted by Crippen LogP contribution is 2.14. The monoisotopic (exact) mass is 244 g/mol. The lowest BCUT2D eigenvalue weighted by Crippen LogP contribution is -2.18. The Morgan fingerprint density at radius 1 is 1.28 bits per heavy atom. The summed E-state index contributed by atoms with van der Waals surface area (Å²) >= 11 is 0. The Bertz CT molecular complexity index is 514. The molecular formula is C14H20N4. The summed E-state index contributed by atoms with van der Waals surface area (Å²) in [6, 6.07) is 4.28. The van der Waals surface area contributed by atoms with Crippen LogP contribution in [-0.2, 0) is 6.42 Å². The highest BCUT2D eigenvalue weighted by Gasteiger charge is 2.06. The lowest BCUT2D eigenvalue weighted by Gasteiger charge is -2.07. The van der Waals surface area contributed by atoms with Gasteiger partial charge < -0.3 is 5.73 Å². The molecule has 2 rings (SSSR count). The van der Waals surface area contributed by atoms with Crippen molar-refractivity contribution in [1.82, 2.24) is 14.8 Å². The fraction of sp³-hybridized carbons (Fsp3) is 0.429. The molecule has 0 aliphatic carbocycles.